The molecule has 1 rings (SSSR count). The van der Waals surface area contributed by atoms with Gasteiger partial charge in [0.15, 0.2) is 0 Å². The highest BCUT2D eigenvalue weighted by molar-refractivity contribution is 9.10. The SMILES string of the molecule is CCN(CC)C(C)CNC(=O)c1ccc(Cl)c(Br)c1. The van der Waals surface area contributed by atoms with Crippen molar-refractivity contribution < 1.29 is 4.79 Å². The molecule has 0 aliphatic heterocycles. The van der Waals surface area contributed by atoms with E-state index in [1.54, 1.807) is 18.2 Å². The van der Waals surface area contributed by atoms with Crippen molar-refractivity contribution in [3.05, 3.63) is 33.3 Å². The lowest BCUT2D eigenvalue weighted by Crippen LogP contribution is -2.42. The number of nitrogens with one attached hydrogen (secondary N) is 1. The highest BCUT2D eigenvalue weighted by Crippen LogP contribution is 2.23. The van der Waals surface area contributed by atoms with Gasteiger partial charge in [0.2, 0.25) is 0 Å². The Bertz CT molecular complexity index is 435. The van der Waals surface area contributed by atoms with Crippen LogP contribution in [0.3, 0.4) is 0 Å². The van der Waals surface area contributed by atoms with Crippen molar-refractivity contribution in [2.75, 3.05) is 19.6 Å². The molecule has 0 spiro atoms. The number of amides is 1. The second-order valence-electron chi connectivity index (χ2n) is 4.41. The first-order valence-electron chi connectivity index (χ1n) is 6.46. The molecule has 3 nitrogen and oxygen atoms in total. The van der Waals surface area contributed by atoms with Gasteiger partial charge in [0.05, 0.1) is 5.02 Å². The molecule has 1 unspecified atom stereocenters. The lowest BCUT2D eigenvalue weighted by atomic mass is 10.2. The summed E-state index contributed by atoms with van der Waals surface area (Å²) in [5, 5.41) is 3.55. The molecule has 19 heavy (non-hydrogen) atoms. The predicted molar refractivity (Wildman–Crippen MR) is 83.9 cm³/mol. The van der Waals surface area contributed by atoms with Crippen molar-refractivity contribution in [3.8, 4) is 0 Å². The van der Waals surface area contributed by atoms with Crippen LogP contribution >= 0.6 is 27.5 Å². The largest absolute Gasteiger partial charge is 0.350 e. The van der Waals surface area contributed by atoms with Crippen LogP contribution < -0.4 is 5.32 Å². The van der Waals surface area contributed by atoms with Gasteiger partial charge in [0.25, 0.3) is 5.91 Å². The van der Waals surface area contributed by atoms with Crippen LogP contribution in [-0.4, -0.2) is 36.5 Å². The minimum Gasteiger partial charge on any atom is -0.350 e. The molecule has 1 atom stereocenters. The van der Waals surface area contributed by atoms with Crippen molar-refractivity contribution in [1.82, 2.24) is 10.2 Å². The lowest BCUT2D eigenvalue weighted by Gasteiger charge is -2.26. The van der Waals surface area contributed by atoms with E-state index in [1.807, 2.05) is 0 Å². The zero-order valence-electron chi connectivity index (χ0n) is 11.5. The van der Waals surface area contributed by atoms with Crippen molar-refractivity contribution in [2.24, 2.45) is 0 Å². The Balaban J connectivity index is 2.58. The average molecular weight is 348 g/mol. The molecule has 1 aromatic carbocycles. The molecule has 0 radical (unpaired) electrons. The van der Waals surface area contributed by atoms with E-state index in [0.717, 1.165) is 17.6 Å². The van der Waals surface area contributed by atoms with E-state index >= 15 is 0 Å². The monoisotopic (exact) mass is 346 g/mol. The highest BCUT2D eigenvalue weighted by atomic mass is 79.9. The number of hydrogen-bond donors (Lipinski definition) is 1. The van der Waals surface area contributed by atoms with Gasteiger partial charge in [0.1, 0.15) is 0 Å². The topological polar surface area (TPSA) is 32.3 Å². The summed E-state index contributed by atoms with van der Waals surface area (Å²) >= 11 is 9.23. The van der Waals surface area contributed by atoms with Crippen molar-refractivity contribution >= 4 is 33.4 Å². The summed E-state index contributed by atoms with van der Waals surface area (Å²) in [4.78, 5) is 14.3. The molecule has 5 heteroatoms. The average Bonchev–Trinajstić information content (AvgIpc) is 2.40. The summed E-state index contributed by atoms with van der Waals surface area (Å²) in [7, 11) is 0. The Morgan fingerprint density at radius 2 is 2.05 bits per heavy atom. The number of carbonyl (C=O) groups excluding carboxylic acids is 1. The molecule has 106 valence electrons. The van der Waals surface area contributed by atoms with Crippen LogP contribution in [0.2, 0.25) is 5.02 Å². The smallest absolute Gasteiger partial charge is 0.251 e. The fourth-order valence-corrected chi connectivity index (χ4v) is 2.45. The van der Waals surface area contributed by atoms with Crippen molar-refractivity contribution in [1.29, 1.82) is 0 Å². The van der Waals surface area contributed by atoms with Gasteiger partial charge in [-0.2, -0.15) is 0 Å². The van der Waals surface area contributed by atoms with E-state index in [0.29, 0.717) is 23.2 Å². The van der Waals surface area contributed by atoms with Gasteiger partial charge >= 0.3 is 0 Å². The molecule has 0 fully saturated rings. The summed E-state index contributed by atoms with van der Waals surface area (Å²) in [5.74, 6) is -0.0728. The van der Waals surface area contributed by atoms with Gasteiger partial charge in [-0.15, -0.1) is 0 Å². The molecule has 0 aromatic heterocycles. The van der Waals surface area contributed by atoms with Crippen LogP contribution in [0.25, 0.3) is 0 Å². The first-order chi connectivity index (χ1) is 8.99. The third-order valence-corrected chi connectivity index (χ3v) is 4.39. The second-order valence-corrected chi connectivity index (χ2v) is 5.67. The maximum atomic E-state index is 12.0. The zero-order valence-corrected chi connectivity index (χ0v) is 13.9. The molecule has 0 aliphatic rings. The van der Waals surface area contributed by atoms with E-state index in [2.05, 4.69) is 46.9 Å². The fourth-order valence-electron chi connectivity index (χ4n) is 1.96. The highest BCUT2D eigenvalue weighted by Gasteiger charge is 2.12. The third-order valence-electron chi connectivity index (χ3n) is 3.18. The van der Waals surface area contributed by atoms with Crippen LogP contribution in [0.15, 0.2) is 22.7 Å². The summed E-state index contributed by atoms with van der Waals surface area (Å²) < 4.78 is 0.735. The second kappa shape index (κ2) is 7.88. The van der Waals surface area contributed by atoms with Gasteiger partial charge in [-0.05, 0) is 54.1 Å². The normalized spacial score (nSPS) is 12.5. The maximum absolute atomic E-state index is 12.0. The molecule has 0 aliphatic carbocycles. The summed E-state index contributed by atoms with van der Waals surface area (Å²) in [6, 6.07) is 5.51. The molecular weight excluding hydrogens is 328 g/mol. The number of halogens is 2. The van der Waals surface area contributed by atoms with E-state index in [9.17, 15) is 4.79 Å². The Morgan fingerprint density at radius 3 is 2.58 bits per heavy atom. The molecule has 1 amide bonds. The fraction of sp³-hybridized carbons (Fsp3) is 0.500. The summed E-state index contributed by atoms with van der Waals surface area (Å²) in [6.45, 7) is 8.97. The number of hydrogen-bond acceptors (Lipinski definition) is 2. The van der Waals surface area contributed by atoms with E-state index < -0.39 is 0 Å². The van der Waals surface area contributed by atoms with Crippen molar-refractivity contribution in [2.45, 2.75) is 26.8 Å². The standard InChI is InChI=1S/C14H20BrClN2O/c1-4-18(5-2)10(3)9-17-14(19)11-6-7-13(16)12(15)8-11/h6-8,10H,4-5,9H2,1-3H3,(H,17,19). The van der Waals surface area contributed by atoms with Crippen LogP contribution in [0, 0.1) is 0 Å². The predicted octanol–water partition coefficient (Wildman–Crippen LogP) is 3.56. The van der Waals surface area contributed by atoms with Crippen LogP contribution in [-0.2, 0) is 0 Å². The Labute approximate surface area is 128 Å². The van der Waals surface area contributed by atoms with Gasteiger partial charge in [-0.1, -0.05) is 25.4 Å². The molecule has 1 N–H and O–H groups in total. The molecule has 1 aromatic rings. The number of carbonyl (C=O) groups is 1. The van der Waals surface area contributed by atoms with Crippen LogP contribution in [0.1, 0.15) is 31.1 Å². The minimum absolute atomic E-state index is 0.0728. The molecule has 0 bridgehead atoms. The molecule has 0 heterocycles. The first kappa shape index (κ1) is 16.5. The van der Waals surface area contributed by atoms with E-state index in [4.69, 9.17) is 11.6 Å². The maximum Gasteiger partial charge on any atom is 0.251 e. The number of nitrogens with zero attached hydrogens (tertiary/aromatic N) is 1. The number of rotatable bonds is 6. The number of likely N-dealkylation sites (N-methyl/N-ethyl adjacent to an activating group) is 1. The van der Waals surface area contributed by atoms with Gasteiger partial charge in [0, 0.05) is 22.6 Å². The Morgan fingerprint density at radius 1 is 1.42 bits per heavy atom. The number of benzene rings is 1. The van der Waals surface area contributed by atoms with Gasteiger partial charge < -0.3 is 5.32 Å². The zero-order chi connectivity index (χ0) is 14.4. The molecule has 0 saturated heterocycles. The Kier molecular flexibility index (Phi) is 6.83. The molecule has 0 saturated carbocycles. The Hall–Kier alpha value is -0.580. The quantitative estimate of drug-likeness (QED) is 0.853. The van der Waals surface area contributed by atoms with Crippen molar-refractivity contribution in [3.63, 3.8) is 0 Å². The van der Waals surface area contributed by atoms with Crippen LogP contribution in [0.4, 0.5) is 0 Å². The van der Waals surface area contributed by atoms with E-state index in [1.165, 1.54) is 0 Å². The van der Waals surface area contributed by atoms with E-state index in [-0.39, 0.29) is 5.91 Å². The van der Waals surface area contributed by atoms with Gasteiger partial charge in [-0.3, -0.25) is 9.69 Å². The first-order valence-corrected chi connectivity index (χ1v) is 7.64. The van der Waals surface area contributed by atoms with Gasteiger partial charge in [-0.25, -0.2) is 0 Å². The van der Waals surface area contributed by atoms with Crippen LogP contribution in [0.5, 0.6) is 0 Å². The molecular formula is C14H20BrClN2O. The minimum atomic E-state index is -0.0728. The summed E-state index contributed by atoms with van der Waals surface area (Å²) in [6.07, 6.45) is 0. The lowest BCUT2D eigenvalue weighted by molar-refractivity contribution is 0.0938. The third kappa shape index (κ3) is 4.79. The summed E-state index contributed by atoms with van der Waals surface area (Å²) in [5.41, 5.74) is 0.614.